The maximum atomic E-state index is 6.34. The Morgan fingerprint density at radius 3 is 1.93 bits per heavy atom. The SMILES string of the molecule is CN(C)[C@@H](c1cc(Br)cc(Br)c1)c1ccccc1B1OC(C)(C)C(C)(C)O1. The molecule has 0 aliphatic carbocycles. The van der Waals surface area contributed by atoms with E-state index in [4.69, 9.17) is 9.31 Å². The van der Waals surface area contributed by atoms with E-state index in [0.29, 0.717) is 0 Å². The van der Waals surface area contributed by atoms with Gasteiger partial charge in [-0.25, -0.2) is 0 Å². The van der Waals surface area contributed by atoms with Crippen molar-refractivity contribution in [2.75, 3.05) is 14.1 Å². The van der Waals surface area contributed by atoms with Crippen LogP contribution in [0.5, 0.6) is 0 Å². The Morgan fingerprint density at radius 2 is 1.41 bits per heavy atom. The highest BCUT2D eigenvalue weighted by Crippen LogP contribution is 2.38. The second-order valence-electron chi connectivity index (χ2n) is 8.29. The summed E-state index contributed by atoms with van der Waals surface area (Å²) < 4.78 is 14.8. The molecule has 2 aromatic rings. The lowest BCUT2D eigenvalue weighted by Gasteiger charge is -2.32. The molecule has 0 spiro atoms. The molecule has 1 aliphatic rings. The van der Waals surface area contributed by atoms with Gasteiger partial charge in [-0.1, -0.05) is 56.1 Å². The van der Waals surface area contributed by atoms with Crippen molar-refractivity contribution in [3.8, 4) is 0 Å². The molecule has 3 rings (SSSR count). The van der Waals surface area contributed by atoms with Gasteiger partial charge in [0.25, 0.3) is 0 Å². The van der Waals surface area contributed by atoms with E-state index < -0.39 is 0 Å². The van der Waals surface area contributed by atoms with E-state index in [1.807, 2.05) is 6.07 Å². The molecule has 1 atom stereocenters. The third-order valence-corrected chi connectivity index (χ3v) is 6.43. The number of hydrogen-bond donors (Lipinski definition) is 0. The highest BCUT2D eigenvalue weighted by atomic mass is 79.9. The summed E-state index contributed by atoms with van der Waals surface area (Å²) in [6.07, 6.45) is 0. The molecule has 0 unspecified atom stereocenters. The monoisotopic (exact) mass is 493 g/mol. The molecule has 0 amide bonds. The maximum Gasteiger partial charge on any atom is 0.495 e. The van der Waals surface area contributed by atoms with E-state index in [1.54, 1.807) is 0 Å². The van der Waals surface area contributed by atoms with Gasteiger partial charge in [0.15, 0.2) is 0 Å². The molecule has 27 heavy (non-hydrogen) atoms. The minimum Gasteiger partial charge on any atom is -0.399 e. The van der Waals surface area contributed by atoms with Crippen LogP contribution in [-0.2, 0) is 9.31 Å². The Bertz CT molecular complexity index is 802. The lowest BCUT2D eigenvalue weighted by Crippen LogP contribution is -2.41. The van der Waals surface area contributed by atoms with Gasteiger partial charge in [0.2, 0.25) is 0 Å². The van der Waals surface area contributed by atoms with Gasteiger partial charge in [-0.3, -0.25) is 4.90 Å². The van der Waals surface area contributed by atoms with E-state index >= 15 is 0 Å². The summed E-state index contributed by atoms with van der Waals surface area (Å²) in [5, 5.41) is 0. The van der Waals surface area contributed by atoms with E-state index in [1.165, 1.54) is 11.1 Å². The second kappa shape index (κ2) is 7.64. The predicted molar refractivity (Wildman–Crippen MR) is 120 cm³/mol. The van der Waals surface area contributed by atoms with Crippen molar-refractivity contribution in [1.29, 1.82) is 0 Å². The molecule has 144 valence electrons. The van der Waals surface area contributed by atoms with Crippen LogP contribution in [0.1, 0.15) is 44.9 Å². The summed E-state index contributed by atoms with van der Waals surface area (Å²) in [6, 6.07) is 14.9. The first kappa shape index (κ1) is 21.1. The fourth-order valence-electron chi connectivity index (χ4n) is 3.43. The maximum absolute atomic E-state index is 6.34. The highest BCUT2D eigenvalue weighted by molar-refractivity contribution is 9.11. The molecule has 2 aromatic carbocycles. The van der Waals surface area contributed by atoms with Crippen LogP contribution in [0, 0.1) is 0 Å². The van der Waals surface area contributed by atoms with Crippen LogP contribution < -0.4 is 5.46 Å². The number of hydrogen-bond acceptors (Lipinski definition) is 3. The molecule has 0 N–H and O–H groups in total. The first-order chi connectivity index (χ1) is 12.5. The normalized spacial score (nSPS) is 19.5. The molecule has 0 saturated carbocycles. The predicted octanol–water partition coefficient (Wildman–Crippen LogP) is 5.16. The van der Waals surface area contributed by atoms with Crippen molar-refractivity contribution in [3.63, 3.8) is 0 Å². The molecule has 1 aliphatic heterocycles. The number of nitrogens with zero attached hydrogens (tertiary/aromatic N) is 1. The van der Waals surface area contributed by atoms with Gasteiger partial charge in [-0.15, -0.1) is 0 Å². The van der Waals surface area contributed by atoms with Crippen molar-refractivity contribution in [2.45, 2.75) is 44.9 Å². The molecule has 1 heterocycles. The summed E-state index contributed by atoms with van der Waals surface area (Å²) in [4.78, 5) is 2.22. The second-order valence-corrected chi connectivity index (χ2v) is 10.1. The lowest BCUT2D eigenvalue weighted by molar-refractivity contribution is 0.00578. The fourth-order valence-corrected chi connectivity index (χ4v) is 4.76. The average molecular weight is 495 g/mol. The Labute approximate surface area is 179 Å². The van der Waals surface area contributed by atoms with E-state index in [2.05, 4.69) is 115 Å². The topological polar surface area (TPSA) is 21.7 Å². The van der Waals surface area contributed by atoms with E-state index in [9.17, 15) is 0 Å². The molecular formula is C21H26BBr2NO2. The molecule has 3 nitrogen and oxygen atoms in total. The van der Waals surface area contributed by atoms with Crippen LogP contribution in [0.15, 0.2) is 51.4 Å². The standard InChI is InChI=1S/C21H26BBr2NO2/c1-20(2)21(3,4)27-22(26-20)18-10-8-7-9-17(18)19(25(5)6)14-11-15(23)13-16(24)12-14/h7-13,19H,1-6H3/t19-/m0/s1. The van der Waals surface area contributed by atoms with Gasteiger partial charge < -0.3 is 9.31 Å². The van der Waals surface area contributed by atoms with Crippen LogP contribution in [0.4, 0.5) is 0 Å². The minimum atomic E-state index is -0.385. The molecule has 1 fully saturated rings. The minimum absolute atomic E-state index is 0.0778. The first-order valence-electron chi connectivity index (χ1n) is 9.09. The average Bonchev–Trinajstić information content (AvgIpc) is 2.74. The van der Waals surface area contributed by atoms with E-state index in [0.717, 1.165) is 14.4 Å². The fraction of sp³-hybridized carbons (Fsp3) is 0.429. The molecule has 6 heteroatoms. The van der Waals surface area contributed by atoms with Gasteiger partial charge in [-0.05, 0) is 76.6 Å². The lowest BCUT2D eigenvalue weighted by atomic mass is 9.73. The Morgan fingerprint density at radius 1 is 0.889 bits per heavy atom. The van der Waals surface area contributed by atoms with Crippen LogP contribution >= 0.6 is 31.9 Å². The van der Waals surface area contributed by atoms with Gasteiger partial charge in [-0.2, -0.15) is 0 Å². The number of rotatable bonds is 4. The van der Waals surface area contributed by atoms with Crippen LogP contribution in [0.25, 0.3) is 0 Å². The zero-order valence-electron chi connectivity index (χ0n) is 16.7. The van der Waals surface area contributed by atoms with Crippen molar-refractivity contribution >= 4 is 44.4 Å². The zero-order valence-corrected chi connectivity index (χ0v) is 19.9. The molecular weight excluding hydrogens is 469 g/mol. The van der Waals surface area contributed by atoms with Crippen LogP contribution in [0.2, 0.25) is 0 Å². The molecule has 0 aromatic heterocycles. The van der Waals surface area contributed by atoms with Gasteiger partial charge >= 0.3 is 7.12 Å². The summed E-state index contributed by atoms with van der Waals surface area (Å²) in [6.45, 7) is 8.35. The summed E-state index contributed by atoms with van der Waals surface area (Å²) in [7, 11) is 3.81. The van der Waals surface area contributed by atoms with Crippen molar-refractivity contribution in [2.24, 2.45) is 0 Å². The van der Waals surface area contributed by atoms with Gasteiger partial charge in [0.05, 0.1) is 17.2 Å². The third-order valence-electron chi connectivity index (χ3n) is 5.51. The number of halogens is 2. The van der Waals surface area contributed by atoms with E-state index in [-0.39, 0.29) is 24.4 Å². The van der Waals surface area contributed by atoms with Gasteiger partial charge in [0.1, 0.15) is 0 Å². The third kappa shape index (κ3) is 4.20. The Hall–Kier alpha value is -0.655. The summed E-state index contributed by atoms with van der Waals surface area (Å²) >= 11 is 7.24. The van der Waals surface area contributed by atoms with Crippen LogP contribution in [0.3, 0.4) is 0 Å². The largest absolute Gasteiger partial charge is 0.495 e. The zero-order chi connectivity index (χ0) is 20.0. The smallest absolute Gasteiger partial charge is 0.399 e. The summed E-state index contributed by atoms with van der Waals surface area (Å²) in [5.41, 5.74) is 2.73. The van der Waals surface area contributed by atoms with Crippen molar-refractivity contribution < 1.29 is 9.31 Å². The Balaban J connectivity index is 2.08. The Kier molecular flexibility index (Phi) is 5.96. The molecule has 1 saturated heterocycles. The van der Waals surface area contributed by atoms with Crippen molar-refractivity contribution in [3.05, 3.63) is 62.5 Å². The van der Waals surface area contributed by atoms with Crippen molar-refractivity contribution in [1.82, 2.24) is 4.90 Å². The molecule has 0 bridgehead atoms. The first-order valence-corrected chi connectivity index (χ1v) is 10.7. The quantitative estimate of drug-likeness (QED) is 0.548. The number of benzene rings is 2. The highest BCUT2D eigenvalue weighted by Gasteiger charge is 2.52. The van der Waals surface area contributed by atoms with Gasteiger partial charge in [0, 0.05) is 8.95 Å². The summed E-state index contributed by atoms with van der Waals surface area (Å²) in [5.74, 6) is 0. The van der Waals surface area contributed by atoms with Crippen LogP contribution in [-0.4, -0.2) is 37.3 Å². The molecule has 0 radical (unpaired) electrons.